The number of rotatable bonds is 8. The van der Waals surface area contributed by atoms with Crippen LogP contribution in [-0.4, -0.2) is 23.7 Å². The number of carbonyl (C=O) groups is 2. The van der Waals surface area contributed by atoms with Crippen LogP contribution in [0.15, 0.2) is 0 Å². The minimum absolute atomic E-state index is 0.0357. The first-order valence-corrected chi connectivity index (χ1v) is 6.78. The van der Waals surface area contributed by atoms with E-state index in [-0.39, 0.29) is 11.8 Å². The van der Waals surface area contributed by atoms with Gasteiger partial charge in [-0.15, -0.1) is 0 Å². The second-order valence-electron chi connectivity index (χ2n) is 4.67. The van der Waals surface area contributed by atoms with Gasteiger partial charge in [0.1, 0.15) is 0 Å². The van der Waals surface area contributed by atoms with Gasteiger partial charge >= 0.3 is 0 Å². The zero-order chi connectivity index (χ0) is 13.6. The summed E-state index contributed by atoms with van der Waals surface area (Å²) in [5, 5.41) is 2.84. The third-order valence-corrected chi connectivity index (χ3v) is 3.84. The number of carbonyl (C=O) groups excluding carboxylic acids is 2. The van der Waals surface area contributed by atoms with Crippen LogP contribution in [0.2, 0.25) is 0 Å². The first-order valence-electron chi connectivity index (χ1n) is 6.20. The van der Waals surface area contributed by atoms with Crippen LogP contribution < -0.4 is 10.8 Å². The highest BCUT2D eigenvalue weighted by atomic mass is 31.0. The van der Waals surface area contributed by atoms with E-state index in [2.05, 4.69) is 14.5 Å². The van der Waals surface area contributed by atoms with Crippen molar-refractivity contribution < 1.29 is 9.59 Å². The van der Waals surface area contributed by atoms with Gasteiger partial charge in [0.2, 0.25) is 11.6 Å². The molecule has 100 valence electrons. The van der Waals surface area contributed by atoms with Gasteiger partial charge in [-0.25, -0.2) is 0 Å². The molecule has 17 heavy (non-hydrogen) atoms. The fourth-order valence-corrected chi connectivity index (χ4v) is 2.04. The quantitative estimate of drug-likeness (QED) is 0.509. The molecular formula is C12H25N2O2P. The van der Waals surface area contributed by atoms with Gasteiger partial charge in [-0.3, -0.25) is 14.7 Å². The lowest BCUT2D eigenvalue weighted by atomic mass is 9.88. The Morgan fingerprint density at radius 1 is 1.12 bits per heavy atom. The minimum atomic E-state index is -0.683. The molecule has 0 bridgehead atoms. The summed E-state index contributed by atoms with van der Waals surface area (Å²) in [4.78, 5) is 24.0. The molecule has 3 unspecified atom stereocenters. The number of nitrogens with two attached hydrogens (primary N) is 1. The zero-order valence-electron chi connectivity index (χ0n) is 11.2. The fourth-order valence-electron chi connectivity index (χ4n) is 1.56. The van der Waals surface area contributed by atoms with Crippen LogP contribution in [0, 0.1) is 11.8 Å². The molecular weight excluding hydrogens is 235 g/mol. The smallest absolute Gasteiger partial charge is 0.217 e. The highest BCUT2D eigenvalue weighted by Gasteiger charge is 2.32. The predicted octanol–water partition coefficient (Wildman–Crippen LogP) is 1.29. The van der Waals surface area contributed by atoms with Crippen molar-refractivity contribution in [1.82, 2.24) is 5.09 Å². The Kier molecular flexibility index (Phi) is 7.77. The summed E-state index contributed by atoms with van der Waals surface area (Å²) in [5.41, 5.74) is 5.80. The molecule has 0 aromatic rings. The normalized spacial score (nSPS) is 18.2. The Morgan fingerprint density at radius 3 is 1.94 bits per heavy atom. The Balaban J connectivity index is 4.73. The van der Waals surface area contributed by atoms with Crippen molar-refractivity contribution in [3.63, 3.8) is 0 Å². The molecule has 0 heterocycles. The Hall–Kier alpha value is -0.310. The van der Waals surface area contributed by atoms with Gasteiger partial charge in [0.05, 0.1) is 12.1 Å². The zero-order valence-corrected chi connectivity index (χ0v) is 12.3. The molecule has 0 fully saturated rings. The summed E-state index contributed by atoms with van der Waals surface area (Å²) in [5.74, 6) is -0.705. The lowest BCUT2D eigenvalue weighted by Crippen LogP contribution is -2.49. The topological polar surface area (TPSA) is 72.2 Å². The molecule has 0 saturated heterocycles. The monoisotopic (exact) mass is 260 g/mol. The molecule has 0 aromatic heterocycles. The summed E-state index contributed by atoms with van der Waals surface area (Å²) >= 11 is 0. The SMILES string of the molecule is CC[C@H](C)C(N)C(=O)C(=O)C(NP)[C@@H](C)CC. The van der Waals surface area contributed by atoms with Crippen molar-refractivity contribution in [3.8, 4) is 0 Å². The molecule has 5 atom stereocenters. The van der Waals surface area contributed by atoms with Crippen molar-refractivity contribution in [3.05, 3.63) is 0 Å². The molecule has 0 radical (unpaired) electrons. The molecule has 0 rings (SSSR count). The lowest BCUT2D eigenvalue weighted by molar-refractivity contribution is -0.139. The highest BCUT2D eigenvalue weighted by molar-refractivity contribution is 7.13. The van der Waals surface area contributed by atoms with E-state index >= 15 is 0 Å². The van der Waals surface area contributed by atoms with Gasteiger partial charge in [0.25, 0.3) is 0 Å². The summed E-state index contributed by atoms with van der Waals surface area (Å²) in [6, 6.07) is -1.13. The summed E-state index contributed by atoms with van der Waals surface area (Å²) < 4.78 is 0. The maximum Gasteiger partial charge on any atom is 0.217 e. The second-order valence-corrected chi connectivity index (χ2v) is 5.00. The van der Waals surface area contributed by atoms with Crippen LogP contribution >= 0.6 is 9.39 Å². The lowest BCUT2D eigenvalue weighted by Gasteiger charge is -2.23. The highest BCUT2D eigenvalue weighted by Crippen LogP contribution is 2.13. The largest absolute Gasteiger partial charge is 0.321 e. The van der Waals surface area contributed by atoms with Crippen molar-refractivity contribution in [2.45, 2.75) is 52.6 Å². The average Bonchev–Trinajstić information content (AvgIpc) is 2.36. The third-order valence-electron chi connectivity index (χ3n) is 3.48. The van der Waals surface area contributed by atoms with Crippen molar-refractivity contribution in [2.75, 3.05) is 0 Å². The number of nitrogens with one attached hydrogen (secondary N) is 1. The van der Waals surface area contributed by atoms with Crippen LogP contribution in [0.25, 0.3) is 0 Å². The Morgan fingerprint density at radius 2 is 1.59 bits per heavy atom. The van der Waals surface area contributed by atoms with Gasteiger partial charge < -0.3 is 5.73 Å². The minimum Gasteiger partial charge on any atom is -0.321 e. The van der Waals surface area contributed by atoms with Crippen LogP contribution in [0.3, 0.4) is 0 Å². The van der Waals surface area contributed by atoms with E-state index in [0.717, 1.165) is 12.8 Å². The van der Waals surface area contributed by atoms with E-state index in [1.165, 1.54) is 0 Å². The molecule has 0 saturated carbocycles. The molecule has 0 aromatic carbocycles. The van der Waals surface area contributed by atoms with Gasteiger partial charge in [-0.2, -0.15) is 0 Å². The summed E-state index contributed by atoms with van der Waals surface area (Å²) in [6.07, 6.45) is 1.63. The second kappa shape index (κ2) is 7.91. The van der Waals surface area contributed by atoms with Gasteiger partial charge in [-0.05, 0) is 11.8 Å². The summed E-state index contributed by atoms with van der Waals surface area (Å²) in [6.45, 7) is 7.79. The standard InChI is InChI=1S/C12H25N2O2P/c1-5-7(3)9(13)11(15)12(16)10(14-17)8(4)6-2/h7-10,14H,5-6,13,17H2,1-4H3/t7-,8-,9?,10?/m0/s1. The molecule has 3 N–H and O–H groups in total. The summed E-state index contributed by atoms with van der Waals surface area (Å²) in [7, 11) is 2.31. The predicted molar refractivity (Wildman–Crippen MR) is 73.5 cm³/mol. The van der Waals surface area contributed by atoms with Crippen LogP contribution in [-0.2, 0) is 9.59 Å². The molecule has 4 nitrogen and oxygen atoms in total. The van der Waals surface area contributed by atoms with E-state index in [1.807, 2.05) is 27.7 Å². The van der Waals surface area contributed by atoms with E-state index in [1.54, 1.807) is 0 Å². The molecule has 0 aliphatic carbocycles. The number of ketones is 2. The fraction of sp³-hybridized carbons (Fsp3) is 0.833. The maximum atomic E-state index is 12.0. The third kappa shape index (κ3) is 4.46. The van der Waals surface area contributed by atoms with Crippen molar-refractivity contribution >= 4 is 21.0 Å². The van der Waals surface area contributed by atoms with E-state index in [0.29, 0.717) is 0 Å². The van der Waals surface area contributed by atoms with Crippen LogP contribution in [0.5, 0.6) is 0 Å². The number of Topliss-reactive ketones (excluding diaryl/α,β-unsaturated/α-hetero) is 2. The van der Waals surface area contributed by atoms with Crippen molar-refractivity contribution in [2.24, 2.45) is 17.6 Å². The first kappa shape index (κ1) is 16.7. The average molecular weight is 260 g/mol. The Labute approximate surface area is 106 Å². The first-order chi connectivity index (χ1) is 7.90. The number of hydrogen-bond acceptors (Lipinski definition) is 4. The molecule has 5 heteroatoms. The van der Waals surface area contributed by atoms with E-state index in [4.69, 9.17) is 5.73 Å². The molecule has 0 amide bonds. The van der Waals surface area contributed by atoms with Crippen molar-refractivity contribution in [1.29, 1.82) is 0 Å². The van der Waals surface area contributed by atoms with Gasteiger partial charge in [0.15, 0.2) is 0 Å². The van der Waals surface area contributed by atoms with Crippen LogP contribution in [0.4, 0.5) is 0 Å². The van der Waals surface area contributed by atoms with Crippen LogP contribution in [0.1, 0.15) is 40.5 Å². The van der Waals surface area contributed by atoms with E-state index < -0.39 is 23.7 Å². The maximum absolute atomic E-state index is 12.0. The van der Waals surface area contributed by atoms with Gasteiger partial charge in [-0.1, -0.05) is 49.9 Å². The Bertz CT molecular complexity index is 271. The molecule has 0 aliphatic rings. The molecule has 0 aliphatic heterocycles. The molecule has 0 spiro atoms. The van der Waals surface area contributed by atoms with Gasteiger partial charge in [0, 0.05) is 0 Å². The number of hydrogen-bond donors (Lipinski definition) is 2. The van der Waals surface area contributed by atoms with E-state index in [9.17, 15) is 9.59 Å².